The van der Waals surface area contributed by atoms with Gasteiger partial charge in [0.15, 0.2) is 0 Å². The molecule has 0 aliphatic carbocycles. The quantitative estimate of drug-likeness (QED) is 0.715. The lowest BCUT2D eigenvalue weighted by molar-refractivity contribution is -0.121. The average Bonchev–Trinajstić information content (AvgIpc) is 2.83. The van der Waals surface area contributed by atoms with Crippen molar-refractivity contribution in [1.82, 2.24) is 9.62 Å². The predicted molar refractivity (Wildman–Crippen MR) is 71.8 cm³/mol. The summed E-state index contributed by atoms with van der Waals surface area (Å²) in [5.41, 5.74) is 0. The van der Waals surface area contributed by atoms with E-state index >= 15 is 0 Å². The van der Waals surface area contributed by atoms with Crippen molar-refractivity contribution in [1.29, 1.82) is 0 Å². The van der Waals surface area contributed by atoms with Crippen LogP contribution in [-0.4, -0.2) is 38.0 Å². The van der Waals surface area contributed by atoms with Crippen molar-refractivity contribution < 1.29 is 17.6 Å². The molecule has 0 aliphatic rings. The number of hydrogen-bond donors (Lipinski definition) is 1. The fraction of sp³-hybridized carbons (Fsp3) is 0.417. The Morgan fingerprint density at radius 1 is 1.58 bits per heavy atom. The molecule has 0 saturated heterocycles. The third-order valence-corrected chi connectivity index (χ3v) is 3.70. The Bertz CT molecular complexity index is 508. The molecular formula is C12H18N2O4S. The first kappa shape index (κ1) is 15.5. The number of carbonyl (C=O) groups is 1. The molecule has 0 spiro atoms. The molecule has 0 atom stereocenters. The van der Waals surface area contributed by atoms with Crippen molar-refractivity contribution in [2.24, 2.45) is 0 Å². The Labute approximate surface area is 113 Å². The van der Waals surface area contributed by atoms with Crippen molar-refractivity contribution in [3.8, 4) is 0 Å². The van der Waals surface area contributed by atoms with E-state index < -0.39 is 10.0 Å². The second kappa shape index (κ2) is 7.10. The largest absolute Gasteiger partial charge is 0.467 e. The number of nitrogens with zero attached hydrogens (tertiary/aromatic N) is 1. The molecule has 1 aromatic heterocycles. The van der Waals surface area contributed by atoms with Crippen LogP contribution in [0.25, 0.3) is 0 Å². The fourth-order valence-corrected chi connectivity index (χ4v) is 2.25. The summed E-state index contributed by atoms with van der Waals surface area (Å²) in [4.78, 5) is 11.6. The van der Waals surface area contributed by atoms with Crippen LogP contribution in [0.15, 0.2) is 35.5 Å². The Balaban J connectivity index is 2.37. The molecule has 0 fully saturated rings. The Hall–Kier alpha value is -1.60. The van der Waals surface area contributed by atoms with E-state index in [2.05, 4.69) is 11.9 Å². The number of amides is 1. The minimum absolute atomic E-state index is 0.0988. The molecular weight excluding hydrogens is 268 g/mol. The summed E-state index contributed by atoms with van der Waals surface area (Å²) < 4.78 is 29.1. The van der Waals surface area contributed by atoms with Crippen LogP contribution in [0.5, 0.6) is 0 Å². The molecule has 0 saturated carbocycles. The summed E-state index contributed by atoms with van der Waals surface area (Å²) in [6.45, 7) is 4.12. The summed E-state index contributed by atoms with van der Waals surface area (Å²) in [7, 11) is -3.32. The van der Waals surface area contributed by atoms with Gasteiger partial charge < -0.3 is 9.73 Å². The van der Waals surface area contributed by atoms with E-state index in [9.17, 15) is 13.2 Å². The molecule has 1 amide bonds. The third kappa shape index (κ3) is 5.71. The lowest BCUT2D eigenvalue weighted by Crippen LogP contribution is -2.34. The maximum atomic E-state index is 11.6. The van der Waals surface area contributed by atoms with E-state index in [1.807, 2.05) is 0 Å². The van der Waals surface area contributed by atoms with E-state index in [-0.39, 0.29) is 25.4 Å². The lowest BCUT2D eigenvalue weighted by Gasteiger charge is -2.17. The molecule has 7 heteroatoms. The number of sulfonamides is 1. The van der Waals surface area contributed by atoms with E-state index in [0.29, 0.717) is 12.3 Å². The van der Waals surface area contributed by atoms with Gasteiger partial charge in [0.05, 0.1) is 19.1 Å². The minimum atomic E-state index is -3.32. The van der Waals surface area contributed by atoms with Crippen LogP contribution in [0.4, 0.5) is 0 Å². The highest BCUT2D eigenvalue weighted by molar-refractivity contribution is 7.88. The molecule has 6 nitrogen and oxygen atoms in total. The molecule has 1 rings (SSSR count). The number of nitrogens with one attached hydrogen (secondary N) is 1. The molecule has 19 heavy (non-hydrogen) atoms. The maximum absolute atomic E-state index is 11.6. The molecule has 0 radical (unpaired) electrons. The highest BCUT2D eigenvalue weighted by atomic mass is 32.2. The number of hydrogen-bond acceptors (Lipinski definition) is 4. The van der Waals surface area contributed by atoms with Crippen LogP contribution in [-0.2, 0) is 21.4 Å². The van der Waals surface area contributed by atoms with Gasteiger partial charge in [-0.2, -0.15) is 4.31 Å². The molecule has 0 unspecified atom stereocenters. The molecule has 1 aromatic rings. The van der Waals surface area contributed by atoms with Gasteiger partial charge in [0.2, 0.25) is 15.9 Å². The van der Waals surface area contributed by atoms with Gasteiger partial charge in [0.25, 0.3) is 0 Å². The molecule has 0 bridgehead atoms. The van der Waals surface area contributed by atoms with E-state index in [1.54, 1.807) is 12.1 Å². The van der Waals surface area contributed by atoms with Gasteiger partial charge in [0.1, 0.15) is 5.76 Å². The molecule has 1 heterocycles. The van der Waals surface area contributed by atoms with E-state index in [1.165, 1.54) is 16.6 Å². The van der Waals surface area contributed by atoms with Crippen LogP contribution in [0.2, 0.25) is 0 Å². The number of carbonyl (C=O) groups excluding carboxylic acids is 1. The van der Waals surface area contributed by atoms with Crippen LogP contribution in [0.3, 0.4) is 0 Å². The second-order valence-corrected chi connectivity index (χ2v) is 6.00. The van der Waals surface area contributed by atoms with Gasteiger partial charge in [0, 0.05) is 19.5 Å². The van der Waals surface area contributed by atoms with Crippen molar-refractivity contribution in [3.05, 3.63) is 36.8 Å². The highest BCUT2D eigenvalue weighted by Gasteiger charge is 2.16. The smallest absolute Gasteiger partial charge is 0.221 e. The molecule has 0 aliphatic heterocycles. The summed E-state index contributed by atoms with van der Waals surface area (Å²) in [5.74, 6) is 0.425. The van der Waals surface area contributed by atoms with Crippen LogP contribution in [0, 0.1) is 0 Å². The monoisotopic (exact) mass is 286 g/mol. The Morgan fingerprint density at radius 2 is 2.32 bits per heavy atom. The van der Waals surface area contributed by atoms with Crippen LogP contribution in [0.1, 0.15) is 12.2 Å². The zero-order valence-electron chi connectivity index (χ0n) is 10.8. The van der Waals surface area contributed by atoms with Crippen LogP contribution >= 0.6 is 0 Å². The van der Waals surface area contributed by atoms with Crippen molar-refractivity contribution in [2.45, 2.75) is 13.0 Å². The van der Waals surface area contributed by atoms with E-state index in [0.717, 1.165) is 6.26 Å². The topological polar surface area (TPSA) is 79.6 Å². The summed E-state index contributed by atoms with van der Waals surface area (Å²) in [6, 6.07) is 3.48. The lowest BCUT2D eigenvalue weighted by atomic mass is 10.3. The van der Waals surface area contributed by atoms with Crippen molar-refractivity contribution in [2.75, 3.05) is 19.3 Å². The Morgan fingerprint density at radius 3 is 2.84 bits per heavy atom. The average molecular weight is 286 g/mol. The maximum Gasteiger partial charge on any atom is 0.221 e. The van der Waals surface area contributed by atoms with Gasteiger partial charge in [-0.05, 0) is 12.1 Å². The van der Waals surface area contributed by atoms with Gasteiger partial charge >= 0.3 is 0 Å². The molecule has 106 valence electrons. The van der Waals surface area contributed by atoms with Gasteiger partial charge in [-0.15, -0.1) is 6.58 Å². The van der Waals surface area contributed by atoms with E-state index in [4.69, 9.17) is 4.42 Å². The number of furan rings is 1. The molecule has 1 N–H and O–H groups in total. The first-order valence-corrected chi connectivity index (χ1v) is 7.63. The van der Waals surface area contributed by atoms with Gasteiger partial charge in [-0.1, -0.05) is 6.08 Å². The van der Waals surface area contributed by atoms with Crippen molar-refractivity contribution in [3.63, 3.8) is 0 Å². The zero-order valence-corrected chi connectivity index (χ0v) is 11.6. The predicted octanol–water partition coefficient (Wildman–Crippen LogP) is 0.733. The summed E-state index contributed by atoms with van der Waals surface area (Å²) >= 11 is 0. The second-order valence-electron chi connectivity index (χ2n) is 4.02. The van der Waals surface area contributed by atoms with Crippen molar-refractivity contribution >= 4 is 15.9 Å². The first-order valence-electron chi connectivity index (χ1n) is 5.78. The fourth-order valence-electron chi connectivity index (χ4n) is 1.45. The molecule has 0 aromatic carbocycles. The van der Waals surface area contributed by atoms with Crippen LogP contribution < -0.4 is 5.32 Å². The zero-order chi connectivity index (χ0) is 14.3. The minimum Gasteiger partial charge on any atom is -0.467 e. The van der Waals surface area contributed by atoms with Gasteiger partial charge in [-0.25, -0.2) is 8.42 Å². The highest BCUT2D eigenvalue weighted by Crippen LogP contribution is 2.01. The first-order chi connectivity index (χ1) is 8.93. The third-order valence-electron chi connectivity index (χ3n) is 2.43. The number of rotatable bonds is 8. The normalized spacial score (nSPS) is 11.5. The standard InChI is InChI=1S/C12H18N2O4S/c1-3-7-14(19(2,16)17)8-6-12(15)13-10-11-5-4-9-18-11/h3-5,9H,1,6-8,10H2,2H3,(H,13,15). The summed E-state index contributed by atoms with van der Waals surface area (Å²) in [5, 5.41) is 2.65. The summed E-state index contributed by atoms with van der Waals surface area (Å²) in [6.07, 6.45) is 4.22. The Kier molecular flexibility index (Phi) is 5.78. The SMILES string of the molecule is C=CCN(CCC(=O)NCc1ccco1)S(C)(=O)=O. The van der Waals surface area contributed by atoms with Gasteiger partial charge in [-0.3, -0.25) is 4.79 Å².